The van der Waals surface area contributed by atoms with Crippen LogP contribution < -0.4 is 11.5 Å². The van der Waals surface area contributed by atoms with Crippen molar-refractivity contribution in [2.45, 2.75) is 24.7 Å². The van der Waals surface area contributed by atoms with Crippen LogP contribution in [0.25, 0.3) is 0 Å². The Labute approximate surface area is 111 Å². The van der Waals surface area contributed by atoms with E-state index in [-0.39, 0.29) is 37.7 Å². The van der Waals surface area contributed by atoms with Crippen molar-refractivity contribution in [3.05, 3.63) is 0 Å². The molecule has 1 rings (SSSR count). The molecule has 0 saturated carbocycles. The SMILES string of the molecule is NCC(=O)N1C[C@@H](CCB(O)O)C[C@](N)(C(=O)O)C1. The molecule has 0 aromatic heterocycles. The molecule has 0 bridgehead atoms. The molecular formula is C10H20BN3O5. The number of nitrogens with zero attached hydrogens (tertiary/aromatic N) is 1. The van der Waals surface area contributed by atoms with E-state index in [2.05, 4.69) is 0 Å². The van der Waals surface area contributed by atoms with Crippen molar-refractivity contribution in [2.24, 2.45) is 17.4 Å². The molecule has 1 aliphatic rings. The highest BCUT2D eigenvalue weighted by Gasteiger charge is 2.43. The average Bonchev–Trinajstić information content (AvgIpc) is 2.34. The summed E-state index contributed by atoms with van der Waals surface area (Å²) >= 11 is 0. The maximum atomic E-state index is 11.6. The molecule has 2 atom stereocenters. The van der Waals surface area contributed by atoms with Gasteiger partial charge >= 0.3 is 13.1 Å². The lowest BCUT2D eigenvalue weighted by Gasteiger charge is -2.41. The van der Waals surface area contributed by atoms with Gasteiger partial charge in [-0.1, -0.05) is 6.42 Å². The highest BCUT2D eigenvalue weighted by Crippen LogP contribution is 2.27. The molecule has 0 radical (unpaired) electrons. The van der Waals surface area contributed by atoms with Gasteiger partial charge in [-0.2, -0.15) is 0 Å². The second-order valence-corrected chi connectivity index (χ2v) is 5.07. The van der Waals surface area contributed by atoms with Crippen molar-refractivity contribution >= 4 is 19.0 Å². The zero-order chi connectivity index (χ0) is 14.6. The van der Waals surface area contributed by atoms with Crippen LogP contribution >= 0.6 is 0 Å². The summed E-state index contributed by atoms with van der Waals surface area (Å²) in [6.07, 6.45) is 0.701. The largest absolute Gasteiger partial charge is 0.480 e. The summed E-state index contributed by atoms with van der Waals surface area (Å²) in [5.41, 5.74) is 9.59. The summed E-state index contributed by atoms with van der Waals surface area (Å²) in [7, 11) is -1.45. The number of piperidine rings is 1. The topological polar surface area (TPSA) is 150 Å². The number of amides is 1. The molecule has 108 valence electrons. The van der Waals surface area contributed by atoms with Gasteiger partial charge in [0, 0.05) is 13.1 Å². The number of rotatable bonds is 5. The van der Waals surface area contributed by atoms with E-state index >= 15 is 0 Å². The number of hydrogen-bond donors (Lipinski definition) is 5. The van der Waals surface area contributed by atoms with Gasteiger partial charge in [0.25, 0.3) is 0 Å². The Hall–Kier alpha value is -1.16. The number of carbonyl (C=O) groups excluding carboxylic acids is 1. The van der Waals surface area contributed by atoms with Gasteiger partial charge in [0.05, 0.1) is 6.54 Å². The van der Waals surface area contributed by atoms with Crippen LogP contribution in [0, 0.1) is 5.92 Å². The molecule has 8 nitrogen and oxygen atoms in total. The number of carbonyl (C=O) groups is 2. The molecule has 0 spiro atoms. The van der Waals surface area contributed by atoms with E-state index in [1.165, 1.54) is 4.90 Å². The van der Waals surface area contributed by atoms with Gasteiger partial charge in [-0.25, -0.2) is 0 Å². The van der Waals surface area contributed by atoms with Crippen LogP contribution in [0.4, 0.5) is 0 Å². The van der Waals surface area contributed by atoms with E-state index in [0.29, 0.717) is 13.0 Å². The molecule has 19 heavy (non-hydrogen) atoms. The van der Waals surface area contributed by atoms with E-state index in [1.54, 1.807) is 0 Å². The quantitative estimate of drug-likeness (QED) is 0.346. The van der Waals surface area contributed by atoms with Crippen LogP contribution in [-0.2, 0) is 9.59 Å². The van der Waals surface area contributed by atoms with Crippen molar-refractivity contribution in [1.82, 2.24) is 4.90 Å². The van der Waals surface area contributed by atoms with Crippen LogP contribution in [0.1, 0.15) is 12.8 Å². The zero-order valence-corrected chi connectivity index (χ0v) is 10.7. The summed E-state index contributed by atoms with van der Waals surface area (Å²) in [5, 5.41) is 26.9. The predicted octanol–water partition coefficient (Wildman–Crippen LogP) is -2.56. The minimum absolute atomic E-state index is 0.0729. The van der Waals surface area contributed by atoms with Gasteiger partial charge in [-0.15, -0.1) is 0 Å². The van der Waals surface area contributed by atoms with Crippen molar-refractivity contribution in [2.75, 3.05) is 19.6 Å². The minimum Gasteiger partial charge on any atom is -0.480 e. The fourth-order valence-corrected chi connectivity index (χ4v) is 2.41. The monoisotopic (exact) mass is 273 g/mol. The van der Waals surface area contributed by atoms with Crippen LogP contribution in [0.2, 0.25) is 6.32 Å². The molecule has 1 saturated heterocycles. The van der Waals surface area contributed by atoms with E-state index in [0.717, 1.165) is 0 Å². The third kappa shape index (κ3) is 4.17. The molecule has 0 unspecified atom stereocenters. The van der Waals surface area contributed by atoms with E-state index in [9.17, 15) is 14.7 Å². The molecule has 1 heterocycles. The predicted molar refractivity (Wildman–Crippen MR) is 67.9 cm³/mol. The smallest absolute Gasteiger partial charge is 0.451 e. The lowest BCUT2D eigenvalue weighted by molar-refractivity contribution is -0.149. The minimum atomic E-state index is -1.51. The Balaban J connectivity index is 2.77. The summed E-state index contributed by atoms with van der Waals surface area (Å²) < 4.78 is 0. The summed E-state index contributed by atoms with van der Waals surface area (Å²) in [6, 6.07) is 0. The van der Waals surface area contributed by atoms with Gasteiger partial charge in [-0.05, 0) is 18.7 Å². The van der Waals surface area contributed by atoms with Crippen LogP contribution in [0.5, 0.6) is 0 Å². The fraction of sp³-hybridized carbons (Fsp3) is 0.800. The summed E-state index contributed by atoms with van der Waals surface area (Å²) in [6.45, 7) is 0.0660. The molecule has 0 aliphatic carbocycles. The first-order valence-electron chi connectivity index (χ1n) is 6.14. The van der Waals surface area contributed by atoms with Crippen LogP contribution in [-0.4, -0.2) is 64.2 Å². The molecule has 1 amide bonds. The van der Waals surface area contributed by atoms with Gasteiger partial charge in [-0.3, -0.25) is 9.59 Å². The van der Waals surface area contributed by atoms with Crippen molar-refractivity contribution in [3.63, 3.8) is 0 Å². The number of hydrogen-bond acceptors (Lipinski definition) is 6. The molecule has 0 aromatic rings. The Morgan fingerprint density at radius 1 is 1.42 bits per heavy atom. The lowest BCUT2D eigenvalue weighted by Crippen LogP contribution is -2.63. The molecule has 1 aliphatic heterocycles. The first kappa shape index (κ1) is 15.9. The standard InChI is InChI=1S/C10H20BN3O5/c12-4-8(15)14-5-7(1-2-11(18)19)3-10(13,6-14)9(16)17/h7,18-19H,1-6,12-13H2,(H,16,17)/t7-,10+/m0/s1. The van der Waals surface area contributed by atoms with E-state index in [4.69, 9.17) is 21.5 Å². The highest BCUT2D eigenvalue weighted by molar-refractivity contribution is 6.40. The first-order valence-corrected chi connectivity index (χ1v) is 6.14. The third-order valence-electron chi connectivity index (χ3n) is 3.39. The molecule has 0 aromatic carbocycles. The Kier molecular flexibility index (Phi) is 5.30. The Morgan fingerprint density at radius 2 is 2.05 bits per heavy atom. The normalized spacial score (nSPS) is 27.2. The van der Waals surface area contributed by atoms with Crippen LogP contribution in [0.15, 0.2) is 0 Å². The Bertz CT molecular complexity index is 354. The molecule has 9 heteroatoms. The van der Waals surface area contributed by atoms with Crippen LogP contribution in [0.3, 0.4) is 0 Å². The van der Waals surface area contributed by atoms with Gasteiger partial charge < -0.3 is 31.5 Å². The average molecular weight is 273 g/mol. The number of aliphatic carboxylic acids is 1. The number of likely N-dealkylation sites (tertiary alicyclic amines) is 1. The summed E-state index contributed by atoms with van der Waals surface area (Å²) in [5.74, 6) is -1.71. The zero-order valence-electron chi connectivity index (χ0n) is 10.7. The van der Waals surface area contributed by atoms with Crippen molar-refractivity contribution in [3.8, 4) is 0 Å². The highest BCUT2D eigenvalue weighted by atomic mass is 16.4. The van der Waals surface area contributed by atoms with Gasteiger partial charge in [0.2, 0.25) is 5.91 Å². The number of carboxylic acid groups (broad SMARTS) is 1. The fourth-order valence-electron chi connectivity index (χ4n) is 2.41. The molecule has 1 fully saturated rings. The van der Waals surface area contributed by atoms with Crippen molar-refractivity contribution in [1.29, 1.82) is 0 Å². The molecule has 7 N–H and O–H groups in total. The molecular weight excluding hydrogens is 253 g/mol. The van der Waals surface area contributed by atoms with Gasteiger partial charge in [0.1, 0.15) is 5.54 Å². The maximum absolute atomic E-state index is 11.6. The lowest BCUT2D eigenvalue weighted by atomic mass is 9.75. The maximum Gasteiger partial charge on any atom is 0.451 e. The second-order valence-electron chi connectivity index (χ2n) is 5.07. The number of carboxylic acids is 1. The van der Waals surface area contributed by atoms with E-state index < -0.39 is 18.6 Å². The third-order valence-corrected chi connectivity index (χ3v) is 3.39. The van der Waals surface area contributed by atoms with Gasteiger partial charge in [0.15, 0.2) is 0 Å². The number of nitrogens with two attached hydrogens (primary N) is 2. The summed E-state index contributed by atoms with van der Waals surface area (Å²) in [4.78, 5) is 24.2. The Morgan fingerprint density at radius 3 is 2.53 bits per heavy atom. The van der Waals surface area contributed by atoms with Crippen molar-refractivity contribution < 1.29 is 24.7 Å². The van der Waals surface area contributed by atoms with E-state index in [1.807, 2.05) is 0 Å². The second kappa shape index (κ2) is 6.33. The first-order chi connectivity index (χ1) is 8.78.